The third-order valence-electron chi connectivity index (χ3n) is 10.1. The number of benzene rings is 8. The van der Waals surface area contributed by atoms with E-state index in [0.29, 0.717) is 0 Å². The summed E-state index contributed by atoms with van der Waals surface area (Å²) in [5, 5.41) is 8.72. The minimum atomic E-state index is 0.807. The van der Waals surface area contributed by atoms with Gasteiger partial charge in [0.05, 0.1) is 22.9 Å². The molecular formula is C46H26N2O2. The van der Waals surface area contributed by atoms with Crippen LogP contribution in [0.5, 0.6) is 0 Å². The lowest BCUT2D eigenvalue weighted by molar-refractivity contribution is 0.664. The number of aromatic nitrogens is 2. The minimum absolute atomic E-state index is 0.807. The van der Waals surface area contributed by atoms with Gasteiger partial charge in [-0.1, -0.05) is 115 Å². The van der Waals surface area contributed by atoms with E-state index in [1.165, 1.54) is 10.8 Å². The van der Waals surface area contributed by atoms with Crippen LogP contribution in [0.2, 0.25) is 0 Å². The fourth-order valence-electron chi connectivity index (χ4n) is 7.82. The number of rotatable bonds is 3. The third-order valence-corrected chi connectivity index (χ3v) is 10.1. The topological polar surface area (TPSA) is 52.1 Å². The molecule has 3 aromatic heterocycles. The Morgan fingerprint density at radius 1 is 0.380 bits per heavy atom. The normalized spacial score (nSPS) is 12.0. The summed E-state index contributed by atoms with van der Waals surface area (Å²) < 4.78 is 13.3. The fraction of sp³-hybridized carbons (Fsp3) is 0. The van der Waals surface area contributed by atoms with Crippen molar-refractivity contribution >= 4 is 76.5 Å². The van der Waals surface area contributed by atoms with Crippen molar-refractivity contribution in [1.29, 1.82) is 0 Å². The molecule has 11 rings (SSSR count). The van der Waals surface area contributed by atoms with Crippen molar-refractivity contribution in [3.63, 3.8) is 0 Å². The molecule has 3 heterocycles. The summed E-state index contributed by atoms with van der Waals surface area (Å²) in [6.45, 7) is 0. The quantitative estimate of drug-likeness (QED) is 0.181. The Kier molecular flexibility index (Phi) is 5.63. The van der Waals surface area contributed by atoms with Gasteiger partial charge in [0.2, 0.25) is 0 Å². The highest BCUT2D eigenvalue weighted by Crippen LogP contribution is 2.46. The Labute approximate surface area is 285 Å². The minimum Gasteiger partial charge on any atom is -0.456 e. The van der Waals surface area contributed by atoms with Crippen LogP contribution in [-0.2, 0) is 0 Å². The van der Waals surface area contributed by atoms with Gasteiger partial charge in [-0.15, -0.1) is 0 Å². The highest BCUT2D eigenvalue weighted by Gasteiger charge is 2.22. The molecule has 0 atom stereocenters. The van der Waals surface area contributed by atoms with E-state index in [0.717, 1.165) is 99.2 Å². The Hall–Kier alpha value is -6.78. The van der Waals surface area contributed by atoms with Crippen molar-refractivity contribution in [3.8, 4) is 33.5 Å². The fourth-order valence-corrected chi connectivity index (χ4v) is 7.82. The second kappa shape index (κ2) is 10.4. The van der Waals surface area contributed by atoms with Gasteiger partial charge in [0.25, 0.3) is 0 Å². The zero-order valence-electron chi connectivity index (χ0n) is 26.7. The van der Waals surface area contributed by atoms with E-state index in [4.69, 9.17) is 18.8 Å². The largest absolute Gasteiger partial charge is 0.456 e. The van der Waals surface area contributed by atoms with Crippen molar-refractivity contribution in [3.05, 3.63) is 158 Å². The molecule has 0 radical (unpaired) electrons. The smallest absolute Gasteiger partial charge is 0.144 e. The molecule has 11 aromatic rings. The summed E-state index contributed by atoms with van der Waals surface area (Å²) in [6, 6.07) is 52.8. The van der Waals surface area contributed by atoms with Crippen LogP contribution < -0.4 is 0 Å². The lowest BCUT2D eigenvalue weighted by Crippen LogP contribution is -1.93. The number of hydrogen-bond acceptors (Lipinski definition) is 4. The molecular weight excluding hydrogens is 613 g/mol. The molecule has 0 N–H and O–H groups in total. The van der Waals surface area contributed by atoms with Gasteiger partial charge < -0.3 is 8.83 Å². The summed E-state index contributed by atoms with van der Waals surface area (Å²) >= 11 is 0. The van der Waals surface area contributed by atoms with E-state index in [9.17, 15) is 0 Å². The van der Waals surface area contributed by atoms with Crippen molar-refractivity contribution in [2.45, 2.75) is 0 Å². The molecule has 4 nitrogen and oxygen atoms in total. The average molecular weight is 639 g/mol. The second-order valence-corrected chi connectivity index (χ2v) is 12.9. The molecule has 0 saturated heterocycles. The summed E-state index contributed by atoms with van der Waals surface area (Å²) in [5.74, 6) is 0. The highest BCUT2D eigenvalue weighted by atomic mass is 16.3. The maximum absolute atomic E-state index is 6.73. The summed E-state index contributed by atoms with van der Waals surface area (Å²) in [5.41, 5.74) is 11.2. The van der Waals surface area contributed by atoms with Gasteiger partial charge in [0, 0.05) is 43.4 Å². The molecule has 0 amide bonds. The van der Waals surface area contributed by atoms with Crippen LogP contribution in [0.15, 0.2) is 167 Å². The van der Waals surface area contributed by atoms with E-state index in [1.807, 2.05) is 30.5 Å². The third kappa shape index (κ3) is 3.93. The molecule has 232 valence electrons. The number of nitrogens with zero attached hydrogens (tertiary/aromatic N) is 2. The van der Waals surface area contributed by atoms with Gasteiger partial charge in [-0.3, -0.25) is 4.98 Å². The van der Waals surface area contributed by atoms with Gasteiger partial charge in [-0.05, 0) is 63.9 Å². The second-order valence-electron chi connectivity index (χ2n) is 12.9. The van der Waals surface area contributed by atoms with E-state index in [1.54, 1.807) is 0 Å². The summed E-state index contributed by atoms with van der Waals surface area (Å²) in [6.07, 6.45) is 1.92. The van der Waals surface area contributed by atoms with Crippen LogP contribution in [0.25, 0.3) is 110 Å². The molecule has 0 aliphatic rings. The number of para-hydroxylation sites is 2. The Bertz CT molecular complexity index is 3110. The highest BCUT2D eigenvalue weighted by molar-refractivity contribution is 6.25. The van der Waals surface area contributed by atoms with Crippen LogP contribution in [0.4, 0.5) is 0 Å². The monoisotopic (exact) mass is 638 g/mol. The SMILES string of the molecule is c1ccc(-c2cc(-c3cnc4c5ccccc5c5ccccc5c4n3)cc(-c3c4oc5ccccc5c4cc4oc5ccccc5c34)c2)cc1. The van der Waals surface area contributed by atoms with Gasteiger partial charge in [-0.2, -0.15) is 0 Å². The zero-order valence-corrected chi connectivity index (χ0v) is 26.7. The molecule has 0 unspecified atom stereocenters. The van der Waals surface area contributed by atoms with Crippen molar-refractivity contribution in [1.82, 2.24) is 9.97 Å². The Morgan fingerprint density at radius 3 is 1.72 bits per heavy atom. The van der Waals surface area contributed by atoms with Crippen LogP contribution in [0.1, 0.15) is 0 Å². The maximum atomic E-state index is 6.73. The average Bonchev–Trinajstić information content (AvgIpc) is 3.75. The van der Waals surface area contributed by atoms with Crippen molar-refractivity contribution < 1.29 is 8.83 Å². The molecule has 50 heavy (non-hydrogen) atoms. The lowest BCUT2D eigenvalue weighted by atomic mass is 9.91. The van der Waals surface area contributed by atoms with E-state index >= 15 is 0 Å². The van der Waals surface area contributed by atoms with Crippen LogP contribution in [-0.4, -0.2) is 9.97 Å². The zero-order chi connectivity index (χ0) is 32.8. The van der Waals surface area contributed by atoms with Gasteiger partial charge in [0.15, 0.2) is 0 Å². The summed E-state index contributed by atoms with van der Waals surface area (Å²) in [4.78, 5) is 10.5. The first-order valence-electron chi connectivity index (χ1n) is 16.8. The van der Waals surface area contributed by atoms with Gasteiger partial charge in [0.1, 0.15) is 22.3 Å². The summed E-state index contributed by atoms with van der Waals surface area (Å²) in [7, 11) is 0. The Morgan fingerprint density at radius 2 is 0.960 bits per heavy atom. The van der Waals surface area contributed by atoms with E-state index < -0.39 is 0 Å². The standard InChI is InChI=1S/C46H26N2O2/c1-2-12-27(13-3-1)28-22-29(38-26-47-44-34-17-6-4-14-31(34)32-15-5-7-18-35(32)45(44)48-38)24-30(23-28)42-43-36-19-9-11-21-40(36)49-41(43)25-37-33-16-8-10-20-39(33)50-46(37)42/h1-26H. The number of fused-ring (bicyclic) bond motifs is 12. The van der Waals surface area contributed by atoms with Crippen LogP contribution in [0.3, 0.4) is 0 Å². The number of furan rings is 2. The molecule has 0 fully saturated rings. The first-order valence-corrected chi connectivity index (χ1v) is 16.8. The maximum Gasteiger partial charge on any atom is 0.144 e. The lowest BCUT2D eigenvalue weighted by Gasteiger charge is -2.14. The molecule has 0 aliphatic carbocycles. The first kappa shape index (κ1) is 27.2. The molecule has 0 aliphatic heterocycles. The van der Waals surface area contributed by atoms with Crippen LogP contribution in [0, 0.1) is 0 Å². The van der Waals surface area contributed by atoms with Crippen molar-refractivity contribution in [2.75, 3.05) is 0 Å². The first-order chi connectivity index (χ1) is 24.8. The molecule has 0 saturated carbocycles. The number of hydrogen-bond donors (Lipinski definition) is 0. The molecule has 8 aromatic carbocycles. The van der Waals surface area contributed by atoms with Gasteiger partial charge >= 0.3 is 0 Å². The molecule has 0 spiro atoms. The van der Waals surface area contributed by atoms with Gasteiger partial charge in [-0.25, -0.2) is 4.98 Å². The van der Waals surface area contributed by atoms with Crippen molar-refractivity contribution in [2.24, 2.45) is 0 Å². The Balaban J connectivity index is 1.25. The van der Waals surface area contributed by atoms with E-state index in [2.05, 4.69) is 127 Å². The predicted molar refractivity (Wildman–Crippen MR) is 205 cm³/mol. The van der Waals surface area contributed by atoms with Crippen LogP contribution >= 0.6 is 0 Å². The molecule has 4 heteroatoms. The predicted octanol–water partition coefficient (Wildman–Crippen LogP) is 12.7. The molecule has 0 bridgehead atoms. The van der Waals surface area contributed by atoms with E-state index in [-0.39, 0.29) is 0 Å².